The SMILES string of the molecule is COc1ccc2c(c1)OCC(=O)C(=C1SC=CS1)C2=O. The van der Waals surface area contributed by atoms with Gasteiger partial charge in [-0.3, -0.25) is 9.59 Å². The lowest BCUT2D eigenvalue weighted by molar-refractivity contribution is -0.116. The lowest BCUT2D eigenvalue weighted by Gasteiger charge is -2.07. The number of ether oxygens (including phenoxy) is 2. The molecule has 2 aliphatic heterocycles. The van der Waals surface area contributed by atoms with Gasteiger partial charge < -0.3 is 9.47 Å². The summed E-state index contributed by atoms with van der Waals surface area (Å²) < 4.78 is 11.3. The number of ketones is 2. The van der Waals surface area contributed by atoms with Crippen molar-refractivity contribution >= 4 is 35.1 Å². The molecule has 0 saturated heterocycles. The third kappa shape index (κ3) is 2.25. The molecule has 0 amide bonds. The second-order valence-corrected chi connectivity index (χ2v) is 6.16. The molecule has 0 N–H and O–H groups in total. The maximum atomic E-state index is 12.6. The highest BCUT2D eigenvalue weighted by Gasteiger charge is 2.31. The summed E-state index contributed by atoms with van der Waals surface area (Å²) in [7, 11) is 1.54. The molecule has 0 saturated carbocycles. The van der Waals surface area contributed by atoms with Gasteiger partial charge in [0.05, 0.1) is 22.5 Å². The number of methoxy groups -OCH3 is 1. The molecule has 0 unspecified atom stereocenters. The van der Waals surface area contributed by atoms with E-state index in [-0.39, 0.29) is 23.7 Å². The molecule has 0 aliphatic carbocycles. The molecular formula is C14H10O4S2. The molecule has 0 bridgehead atoms. The topological polar surface area (TPSA) is 52.6 Å². The van der Waals surface area contributed by atoms with Gasteiger partial charge in [-0.2, -0.15) is 0 Å². The van der Waals surface area contributed by atoms with Gasteiger partial charge in [0, 0.05) is 6.07 Å². The molecule has 102 valence electrons. The number of thioether (sulfide) groups is 2. The average molecular weight is 306 g/mol. The third-order valence-corrected chi connectivity index (χ3v) is 5.04. The summed E-state index contributed by atoms with van der Waals surface area (Å²) in [4.78, 5) is 24.7. The molecule has 1 aromatic carbocycles. The van der Waals surface area contributed by atoms with Crippen LogP contribution in [0, 0.1) is 0 Å². The predicted octanol–water partition coefficient (Wildman–Crippen LogP) is 3.00. The molecule has 0 radical (unpaired) electrons. The Morgan fingerprint density at radius 1 is 1.20 bits per heavy atom. The first-order valence-corrected chi connectivity index (χ1v) is 7.58. The Bertz CT molecular complexity index is 651. The number of fused-ring (bicyclic) bond motifs is 1. The molecule has 0 atom stereocenters. The molecule has 0 spiro atoms. The zero-order valence-electron chi connectivity index (χ0n) is 10.5. The number of hydrogen-bond donors (Lipinski definition) is 0. The van der Waals surface area contributed by atoms with Crippen molar-refractivity contribution in [2.75, 3.05) is 13.7 Å². The average Bonchev–Trinajstić information content (AvgIpc) is 2.94. The predicted molar refractivity (Wildman–Crippen MR) is 79.2 cm³/mol. The van der Waals surface area contributed by atoms with E-state index in [4.69, 9.17) is 9.47 Å². The number of Topliss-reactive ketones (excluding diaryl/α,β-unsaturated/α-hetero) is 2. The van der Waals surface area contributed by atoms with E-state index in [0.717, 1.165) is 0 Å². The lowest BCUT2D eigenvalue weighted by atomic mass is 10.0. The number of benzene rings is 1. The molecule has 1 aromatic rings. The fourth-order valence-electron chi connectivity index (χ4n) is 1.94. The van der Waals surface area contributed by atoms with Crippen LogP contribution in [0.15, 0.2) is 38.8 Å². The number of carbonyl (C=O) groups is 2. The fourth-order valence-corrected chi connectivity index (χ4v) is 3.84. The van der Waals surface area contributed by atoms with Crippen LogP contribution in [0.25, 0.3) is 0 Å². The minimum absolute atomic E-state index is 0.133. The van der Waals surface area contributed by atoms with E-state index >= 15 is 0 Å². The van der Waals surface area contributed by atoms with Crippen LogP contribution in [-0.2, 0) is 4.79 Å². The molecule has 2 heterocycles. The highest BCUT2D eigenvalue weighted by Crippen LogP contribution is 2.42. The molecule has 3 rings (SSSR count). The maximum absolute atomic E-state index is 12.6. The van der Waals surface area contributed by atoms with E-state index in [2.05, 4.69) is 0 Å². The standard InChI is InChI=1S/C14H10O4S2/c1-17-8-2-3-9-11(6-8)18-7-10(15)12(13(9)16)14-19-4-5-20-14/h2-6H,7H2,1H3. The summed E-state index contributed by atoms with van der Waals surface area (Å²) in [5, 5.41) is 3.71. The second-order valence-electron chi connectivity index (χ2n) is 4.07. The quantitative estimate of drug-likeness (QED) is 0.587. The summed E-state index contributed by atoms with van der Waals surface area (Å²) in [6.45, 7) is -0.133. The van der Waals surface area contributed by atoms with Crippen molar-refractivity contribution in [2.45, 2.75) is 0 Å². The van der Waals surface area contributed by atoms with Crippen LogP contribution in [0.4, 0.5) is 0 Å². The van der Waals surface area contributed by atoms with E-state index in [0.29, 0.717) is 21.3 Å². The molecule has 0 aromatic heterocycles. The van der Waals surface area contributed by atoms with Gasteiger partial charge in [0.25, 0.3) is 0 Å². The van der Waals surface area contributed by atoms with Crippen molar-refractivity contribution < 1.29 is 19.1 Å². The Hall–Kier alpha value is -1.66. The van der Waals surface area contributed by atoms with Crippen molar-refractivity contribution in [3.63, 3.8) is 0 Å². The van der Waals surface area contributed by atoms with E-state index in [1.54, 1.807) is 18.2 Å². The van der Waals surface area contributed by atoms with Crippen molar-refractivity contribution in [3.8, 4) is 11.5 Å². The minimum atomic E-state index is -0.288. The van der Waals surface area contributed by atoms with Crippen LogP contribution in [0.5, 0.6) is 11.5 Å². The van der Waals surface area contributed by atoms with Crippen molar-refractivity contribution in [1.82, 2.24) is 0 Å². The Morgan fingerprint density at radius 3 is 2.65 bits per heavy atom. The minimum Gasteiger partial charge on any atom is -0.497 e. The summed E-state index contributed by atoms with van der Waals surface area (Å²) in [6, 6.07) is 4.94. The smallest absolute Gasteiger partial charge is 0.205 e. The molecular weight excluding hydrogens is 296 g/mol. The fraction of sp³-hybridized carbons (Fsp3) is 0.143. The van der Waals surface area contributed by atoms with Crippen molar-refractivity contribution in [3.05, 3.63) is 44.4 Å². The van der Waals surface area contributed by atoms with Gasteiger partial charge in [-0.15, -0.1) is 0 Å². The maximum Gasteiger partial charge on any atom is 0.205 e. The first kappa shape index (κ1) is 13.3. The number of rotatable bonds is 1. The van der Waals surface area contributed by atoms with Gasteiger partial charge in [0.15, 0.2) is 6.61 Å². The van der Waals surface area contributed by atoms with Gasteiger partial charge in [0.1, 0.15) is 11.5 Å². The Balaban J connectivity index is 2.10. The number of hydrogen-bond acceptors (Lipinski definition) is 6. The van der Waals surface area contributed by atoms with Crippen LogP contribution in [0.3, 0.4) is 0 Å². The largest absolute Gasteiger partial charge is 0.497 e. The highest BCUT2D eigenvalue weighted by atomic mass is 32.2. The van der Waals surface area contributed by atoms with Crippen LogP contribution in [0.2, 0.25) is 0 Å². The molecule has 0 fully saturated rings. The lowest BCUT2D eigenvalue weighted by Crippen LogP contribution is -2.16. The molecule has 4 nitrogen and oxygen atoms in total. The zero-order valence-corrected chi connectivity index (χ0v) is 12.2. The molecule has 20 heavy (non-hydrogen) atoms. The normalized spacial score (nSPS) is 17.9. The van der Waals surface area contributed by atoms with Crippen molar-refractivity contribution in [2.24, 2.45) is 0 Å². The van der Waals surface area contributed by atoms with Crippen molar-refractivity contribution in [1.29, 1.82) is 0 Å². The van der Waals surface area contributed by atoms with E-state index in [9.17, 15) is 9.59 Å². The molecule has 2 aliphatic rings. The van der Waals surface area contributed by atoms with Gasteiger partial charge in [-0.25, -0.2) is 0 Å². The molecule has 6 heteroatoms. The third-order valence-electron chi connectivity index (χ3n) is 2.91. The van der Waals surface area contributed by atoms with Crippen LogP contribution in [0.1, 0.15) is 10.4 Å². The monoisotopic (exact) mass is 306 g/mol. The second kappa shape index (κ2) is 5.38. The van der Waals surface area contributed by atoms with Crippen LogP contribution >= 0.6 is 23.5 Å². The highest BCUT2D eigenvalue weighted by molar-refractivity contribution is 8.27. The van der Waals surface area contributed by atoms with Gasteiger partial charge in [-0.1, -0.05) is 23.5 Å². The van der Waals surface area contributed by atoms with Gasteiger partial charge in [0.2, 0.25) is 11.6 Å². The summed E-state index contributed by atoms with van der Waals surface area (Å²) in [5.41, 5.74) is 0.612. The Labute approximate surface area is 124 Å². The Morgan fingerprint density at radius 2 is 1.95 bits per heavy atom. The Kier molecular flexibility index (Phi) is 3.58. The van der Waals surface area contributed by atoms with Gasteiger partial charge in [-0.05, 0) is 22.9 Å². The first-order chi connectivity index (χ1) is 9.70. The van der Waals surface area contributed by atoms with Gasteiger partial charge >= 0.3 is 0 Å². The summed E-state index contributed by atoms with van der Waals surface area (Å²) in [6.07, 6.45) is 0. The van der Waals surface area contributed by atoms with Crippen LogP contribution in [-0.4, -0.2) is 25.3 Å². The number of carbonyl (C=O) groups excluding carboxylic acids is 2. The first-order valence-electron chi connectivity index (χ1n) is 5.82. The van der Waals surface area contributed by atoms with Crippen LogP contribution < -0.4 is 9.47 Å². The van der Waals surface area contributed by atoms with E-state index in [1.165, 1.54) is 30.6 Å². The summed E-state index contributed by atoms with van der Waals surface area (Å²) >= 11 is 2.78. The van der Waals surface area contributed by atoms with E-state index in [1.807, 2.05) is 10.8 Å². The summed E-state index contributed by atoms with van der Waals surface area (Å²) in [5.74, 6) is 0.401. The van der Waals surface area contributed by atoms with E-state index < -0.39 is 0 Å². The zero-order chi connectivity index (χ0) is 14.1.